The van der Waals surface area contributed by atoms with Crippen LogP contribution in [0.25, 0.3) is 0 Å². The average Bonchev–Trinajstić information content (AvgIpc) is 2.80. The van der Waals surface area contributed by atoms with Gasteiger partial charge in [0.15, 0.2) is 0 Å². The van der Waals surface area contributed by atoms with Crippen molar-refractivity contribution in [3.63, 3.8) is 0 Å². The van der Waals surface area contributed by atoms with Gasteiger partial charge in [-0.15, -0.1) is 0 Å². The topological polar surface area (TPSA) is 41.6 Å². The quantitative estimate of drug-likeness (QED) is 0.928. The Bertz CT molecular complexity index is 479. The molecular weight excluding hydrogens is 284 g/mol. The molecule has 0 aliphatic carbocycles. The van der Waals surface area contributed by atoms with Crippen LogP contribution in [-0.4, -0.2) is 35.7 Å². The molecule has 1 N–H and O–H groups in total. The summed E-state index contributed by atoms with van der Waals surface area (Å²) < 4.78 is 5.46. The Kier molecular flexibility index (Phi) is 5.27. The van der Waals surface area contributed by atoms with E-state index in [1.165, 1.54) is 11.1 Å². The van der Waals surface area contributed by atoms with E-state index in [4.69, 9.17) is 4.74 Å². The molecular formula is C16H26N2O2S. The van der Waals surface area contributed by atoms with Crippen molar-refractivity contribution in [3.05, 3.63) is 21.9 Å². The maximum Gasteiger partial charge on any atom is 0.410 e. The molecule has 0 radical (unpaired) electrons. The van der Waals surface area contributed by atoms with E-state index in [1.807, 2.05) is 25.7 Å². The smallest absolute Gasteiger partial charge is 0.410 e. The maximum absolute atomic E-state index is 12.1. The third-order valence-corrected chi connectivity index (χ3v) is 4.53. The summed E-state index contributed by atoms with van der Waals surface area (Å²) in [6, 6.07) is 0.352. The van der Waals surface area contributed by atoms with Crippen molar-refractivity contribution < 1.29 is 9.53 Å². The van der Waals surface area contributed by atoms with Gasteiger partial charge >= 0.3 is 6.09 Å². The number of carbonyl (C=O) groups excluding carboxylic acids is 1. The maximum atomic E-state index is 12.1. The van der Waals surface area contributed by atoms with E-state index in [-0.39, 0.29) is 6.09 Å². The normalized spacial score (nSPS) is 19.6. The standard InChI is InChI=1S/C16H26N2O2S/c1-12-10-21-11-13(12)8-17-14-6-5-7-18(9-14)15(19)20-16(2,3)4/h10-11,14,17H,5-9H2,1-4H3. The number of thiophene rings is 1. The fourth-order valence-corrected chi connectivity index (χ4v) is 3.32. The van der Waals surface area contributed by atoms with Gasteiger partial charge < -0.3 is 15.0 Å². The first kappa shape index (κ1) is 16.3. The molecule has 1 aromatic heterocycles. The molecule has 0 saturated carbocycles. The highest BCUT2D eigenvalue weighted by Crippen LogP contribution is 2.17. The van der Waals surface area contributed by atoms with Gasteiger partial charge in [-0.3, -0.25) is 0 Å². The highest BCUT2D eigenvalue weighted by atomic mass is 32.1. The van der Waals surface area contributed by atoms with Gasteiger partial charge in [-0.05, 0) is 62.4 Å². The molecule has 21 heavy (non-hydrogen) atoms. The van der Waals surface area contributed by atoms with Gasteiger partial charge in [0, 0.05) is 25.7 Å². The van der Waals surface area contributed by atoms with Gasteiger partial charge in [0.05, 0.1) is 0 Å². The number of hydrogen-bond donors (Lipinski definition) is 1. The number of rotatable bonds is 3. The fraction of sp³-hybridized carbons (Fsp3) is 0.688. The van der Waals surface area contributed by atoms with Crippen LogP contribution in [0.5, 0.6) is 0 Å². The van der Waals surface area contributed by atoms with Crippen LogP contribution in [0.1, 0.15) is 44.7 Å². The van der Waals surface area contributed by atoms with E-state index in [0.29, 0.717) is 6.04 Å². The minimum Gasteiger partial charge on any atom is -0.444 e. The van der Waals surface area contributed by atoms with Crippen LogP contribution in [0, 0.1) is 6.92 Å². The van der Waals surface area contributed by atoms with E-state index in [0.717, 1.165) is 32.5 Å². The lowest BCUT2D eigenvalue weighted by atomic mass is 10.1. The average molecular weight is 310 g/mol. The van der Waals surface area contributed by atoms with Crippen LogP contribution in [-0.2, 0) is 11.3 Å². The Hall–Kier alpha value is -1.07. The second kappa shape index (κ2) is 6.79. The SMILES string of the molecule is Cc1cscc1CNC1CCCN(C(=O)OC(C)(C)C)C1. The zero-order valence-corrected chi connectivity index (χ0v) is 14.3. The second-order valence-electron chi connectivity index (χ2n) is 6.73. The van der Waals surface area contributed by atoms with E-state index >= 15 is 0 Å². The van der Waals surface area contributed by atoms with E-state index in [1.54, 1.807) is 11.3 Å². The summed E-state index contributed by atoms with van der Waals surface area (Å²) in [7, 11) is 0. The Balaban J connectivity index is 1.83. The summed E-state index contributed by atoms with van der Waals surface area (Å²) in [4.78, 5) is 14.0. The lowest BCUT2D eigenvalue weighted by molar-refractivity contribution is 0.0187. The molecule has 2 rings (SSSR count). The van der Waals surface area contributed by atoms with Gasteiger partial charge in [0.1, 0.15) is 5.60 Å². The van der Waals surface area contributed by atoms with Gasteiger partial charge in [0.25, 0.3) is 0 Å². The van der Waals surface area contributed by atoms with E-state index in [9.17, 15) is 4.79 Å². The number of amides is 1. The molecule has 2 heterocycles. The van der Waals surface area contributed by atoms with Crippen LogP contribution >= 0.6 is 11.3 Å². The van der Waals surface area contributed by atoms with Crippen molar-refractivity contribution in [1.29, 1.82) is 0 Å². The first-order valence-corrected chi connectivity index (χ1v) is 8.52. The number of piperidine rings is 1. The van der Waals surface area contributed by atoms with Crippen LogP contribution < -0.4 is 5.32 Å². The minimum atomic E-state index is -0.425. The number of aryl methyl sites for hydroxylation is 1. The molecule has 1 fully saturated rings. The molecule has 1 aliphatic rings. The monoisotopic (exact) mass is 310 g/mol. The van der Waals surface area contributed by atoms with Crippen LogP contribution in [0.2, 0.25) is 0 Å². The predicted octanol–water partition coefficient (Wildman–Crippen LogP) is 3.55. The molecule has 1 amide bonds. The summed E-state index contributed by atoms with van der Waals surface area (Å²) in [5.74, 6) is 0. The molecule has 0 spiro atoms. The number of likely N-dealkylation sites (tertiary alicyclic amines) is 1. The zero-order valence-electron chi connectivity index (χ0n) is 13.4. The highest BCUT2D eigenvalue weighted by Gasteiger charge is 2.27. The Morgan fingerprint density at radius 3 is 2.86 bits per heavy atom. The largest absolute Gasteiger partial charge is 0.444 e. The summed E-state index contributed by atoms with van der Waals surface area (Å²) >= 11 is 1.74. The van der Waals surface area contributed by atoms with Crippen molar-refractivity contribution in [3.8, 4) is 0 Å². The first-order chi connectivity index (χ1) is 9.85. The highest BCUT2D eigenvalue weighted by molar-refractivity contribution is 7.08. The van der Waals surface area contributed by atoms with Crippen LogP contribution in [0.3, 0.4) is 0 Å². The Morgan fingerprint density at radius 2 is 2.24 bits per heavy atom. The van der Waals surface area contributed by atoms with E-state index in [2.05, 4.69) is 23.0 Å². The second-order valence-corrected chi connectivity index (χ2v) is 7.47. The number of nitrogens with one attached hydrogen (secondary N) is 1. The fourth-order valence-electron chi connectivity index (χ4n) is 2.46. The Labute approximate surface area is 131 Å². The predicted molar refractivity (Wildman–Crippen MR) is 86.7 cm³/mol. The molecule has 1 atom stereocenters. The zero-order chi connectivity index (χ0) is 15.5. The molecule has 4 nitrogen and oxygen atoms in total. The lowest BCUT2D eigenvalue weighted by Crippen LogP contribution is -2.49. The van der Waals surface area contributed by atoms with Crippen LogP contribution in [0.15, 0.2) is 10.8 Å². The third-order valence-electron chi connectivity index (χ3n) is 3.62. The van der Waals surface area contributed by atoms with Crippen molar-refractivity contribution in [1.82, 2.24) is 10.2 Å². The lowest BCUT2D eigenvalue weighted by Gasteiger charge is -2.34. The summed E-state index contributed by atoms with van der Waals surface area (Å²) in [6.45, 7) is 10.3. The number of carbonyl (C=O) groups is 1. The molecule has 0 aromatic carbocycles. The molecule has 1 aromatic rings. The van der Waals surface area contributed by atoms with Crippen molar-refractivity contribution in [2.45, 2.75) is 58.7 Å². The minimum absolute atomic E-state index is 0.194. The van der Waals surface area contributed by atoms with Crippen molar-refractivity contribution in [2.75, 3.05) is 13.1 Å². The molecule has 1 aliphatic heterocycles. The molecule has 1 saturated heterocycles. The summed E-state index contributed by atoms with van der Waals surface area (Å²) in [5.41, 5.74) is 2.27. The summed E-state index contributed by atoms with van der Waals surface area (Å²) in [6.07, 6.45) is 1.95. The molecule has 0 bridgehead atoms. The van der Waals surface area contributed by atoms with Gasteiger partial charge in [-0.1, -0.05) is 0 Å². The first-order valence-electron chi connectivity index (χ1n) is 7.58. The van der Waals surface area contributed by atoms with E-state index < -0.39 is 5.60 Å². The third kappa shape index (κ3) is 5.00. The summed E-state index contributed by atoms with van der Waals surface area (Å²) in [5, 5.41) is 7.93. The number of ether oxygens (including phenoxy) is 1. The van der Waals surface area contributed by atoms with Crippen LogP contribution in [0.4, 0.5) is 4.79 Å². The van der Waals surface area contributed by atoms with Gasteiger partial charge in [-0.25, -0.2) is 4.79 Å². The van der Waals surface area contributed by atoms with Crippen molar-refractivity contribution in [2.24, 2.45) is 0 Å². The molecule has 5 heteroatoms. The van der Waals surface area contributed by atoms with Gasteiger partial charge in [-0.2, -0.15) is 11.3 Å². The molecule has 1 unspecified atom stereocenters. The van der Waals surface area contributed by atoms with Crippen molar-refractivity contribution >= 4 is 17.4 Å². The number of nitrogens with zero attached hydrogens (tertiary/aromatic N) is 1. The molecule has 118 valence electrons. The Morgan fingerprint density at radius 1 is 1.48 bits per heavy atom. The van der Waals surface area contributed by atoms with Gasteiger partial charge in [0.2, 0.25) is 0 Å². The number of hydrogen-bond acceptors (Lipinski definition) is 4.